The Morgan fingerprint density at radius 2 is 1.86 bits per heavy atom. The molecule has 1 aromatic carbocycles. The smallest absolute Gasteiger partial charge is 0.354 e. The molecule has 0 saturated carbocycles. The molecular weight excluding hydrogens is 270 g/mol. The molecule has 1 amide bonds. The molecule has 0 spiro atoms. The molecule has 0 unspecified atom stereocenters. The molecule has 2 rings (SSSR count). The van der Waals surface area contributed by atoms with E-state index in [1.165, 1.54) is 13.2 Å². The number of methoxy groups -OCH3 is 1. The molecule has 0 aliphatic rings. The number of rotatable bonds is 4. The summed E-state index contributed by atoms with van der Waals surface area (Å²) >= 11 is 0. The lowest BCUT2D eigenvalue weighted by Crippen LogP contribution is -2.27. The molecule has 21 heavy (non-hydrogen) atoms. The minimum Gasteiger partial charge on any atom is -0.464 e. The molecule has 5 nitrogen and oxygen atoms in total. The Morgan fingerprint density at radius 3 is 2.43 bits per heavy atom. The molecule has 108 valence electrons. The highest BCUT2D eigenvalue weighted by molar-refractivity contribution is 6.03. The van der Waals surface area contributed by atoms with Crippen molar-refractivity contribution >= 4 is 18.0 Å². The Kier molecular flexibility index (Phi) is 4.56. The predicted molar refractivity (Wildman–Crippen MR) is 77.3 cm³/mol. The van der Waals surface area contributed by atoms with E-state index in [9.17, 15) is 9.59 Å². The number of hydrogen-bond donors (Lipinski definition) is 1. The van der Waals surface area contributed by atoms with E-state index in [2.05, 4.69) is 10.1 Å². The molecular formula is C16H15NO4. The lowest BCUT2D eigenvalue weighted by Gasteiger charge is -2.07. The van der Waals surface area contributed by atoms with Gasteiger partial charge in [-0.3, -0.25) is 4.79 Å². The molecule has 0 aliphatic carbocycles. The summed E-state index contributed by atoms with van der Waals surface area (Å²) in [6.07, 6.45) is 1.43. The van der Waals surface area contributed by atoms with E-state index in [0.29, 0.717) is 17.1 Å². The normalized spacial score (nSPS) is 11.0. The van der Waals surface area contributed by atoms with Crippen LogP contribution in [0.1, 0.15) is 21.9 Å². The number of carbonyl (C=O) groups excluding carboxylic acids is 2. The SMILES string of the molecule is COC(=O)/C(=C/c1ccc(C)o1)NC(=O)c1ccccc1. The first-order valence-corrected chi connectivity index (χ1v) is 6.33. The highest BCUT2D eigenvalue weighted by Gasteiger charge is 2.15. The van der Waals surface area contributed by atoms with Crippen molar-refractivity contribution < 1.29 is 18.7 Å². The monoisotopic (exact) mass is 285 g/mol. The summed E-state index contributed by atoms with van der Waals surface area (Å²) < 4.78 is 10.0. The average molecular weight is 285 g/mol. The van der Waals surface area contributed by atoms with Crippen molar-refractivity contribution in [3.63, 3.8) is 0 Å². The van der Waals surface area contributed by atoms with Gasteiger partial charge in [-0.05, 0) is 31.2 Å². The molecule has 0 aliphatic heterocycles. The van der Waals surface area contributed by atoms with Crippen molar-refractivity contribution in [1.82, 2.24) is 5.32 Å². The number of nitrogens with one attached hydrogen (secondary N) is 1. The van der Waals surface area contributed by atoms with Crippen molar-refractivity contribution in [2.45, 2.75) is 6.92 Å². The van der Waals surface area contributed by atoms with Crippen LogP contribution in [0.2, 0.25) is 0 Å². The number of benzene rings is 1. The van der Waals surface area contributed by atoms with E-state index < -0.39 is 11.9 Å². The summed E-state index contributed by atoms with van der Waals surface area (Å²) in [6.45, 7) is 1.79. The zero-order chi connectivity index (χ0) is 15.2. The molecule has 0 bridgehead atoms. The van der Waals surface area contributed by atoms with Crippen molar-refractivity contribution in [2.75, 3.05) is 7.11 Å². The third-order valence-electron chi connectivity index (χ3n) is 2.74. The summed E-state index contributed by atoms with van der Waals surface area (Å²) in [5, 5.41) is 2.53. The first-order valence-electron chi connectivity index (χ1n) is 6.33. The van der Waals surface area contributed by atoms with Gasteiger partial charge in [0.1, 0.15) is 17.2 Å². The molecule has 1 aromatic heterocycles. The van der Waals surface area contributed by atoms with Crippen LogP contribution in [-0.2, 0) is 9.53 Å². The average Bonchev–Trinajstić information content (AvgIpc) is 2.91. The quantitative estimate of drug-likeness (QED) is 0.692. The number of aryl methyl sites for hydroxylation is 1. The third kappa shape index (κ3) is 3.82. The Labute approximate surface area is 122 Å². The Bertz CT molecular complexity index is 671. The molecule has 0 atom stereocenters. The lowest BCUT2D eigenvalue weighted by molar-refractivity contribution is -0.136. The summed E-state index contributed by atoms with van der Waals surface area (Å²) in [6, 6.07) is 12.1. The number of hydrogen-bond acceptors (Lipinski definition) is 4. The van der Waals surface area contributed by atoms with Crippen LogP contribution >= 0.6 is 0 Å². The van der Waals surface area contributed by atoms with Crippen LogP contribution in [0.15, 0.2) is 52.6 Å². The van der Waals surface area contributed by atoms with Crippen LogP contribution in [0.3, 0.4) is 0 Å². The maximum absolute atomic E-state index is 12.1. The highest BCUT2D eigenvalue weighted by Crippen LogP contribution is 2.11. The van der Waals surface area contributed by atoms with E-state index in [4.69, 9.17) is 4.42 Å². The summed E-state index contributed by atoms with van der Waals surface area (Å²) in [7, 11) is 1.25. The van der Waals surface area contributed by atoms with Crippen LogP contribution in [-0.4, -0.2) is 19.0 Å². The van der Waals surface area contributed by atoms with Gasteiger partial charge in [0.15, 0.2) is 0 Å². The fourth-order valence-electron chi connectivity index (χ4n) is 1.71. The maximum Gasteiger partial charge on any atom is 0.354 e. The van der Waals surface area contributed by atoms with Crippen molar-refractivity contribution in [3.8, 4) is 0 Å². The van der Waals surface area contributed by atoms with Crippen LogP contribution < -0.4 is 5.32 Å². The van der Waals surface area contributed by atoms with E-state index in [-0.39, 0.29) is 5.70 Å². The van der Waals surface area contributed by atoms with Crippen LogP contribution in [0.5, 0.6) is 0 Å². The van der Waals surface area contributed by atoms with E-state index in [0.717, 1.165) is 0 Å². The van der Waals surface area contributed by atoms with Gasteiger partial charge in [-0.15, -0.1) is 0 Å². The third-order valence-corrected chi connectivity index (χ3v) is 2.74. The van der Waals surface area contributed by atoms with Gasteiger partial charge in [0.05, 0.1) is 7.11 Å². The molecule has 1 N–H and O–H groups in total. The standard InChI is InChI=1S/C16H15NO4/c1-11-8-9-13(21-11)10-14(16(19)20-2)17-15(18)12-6-4-3-5-7-12/h3-10H,1-2H3,(H,17,18)/b14-10-. The number of furan rings is 1. The Morgan fingerprint density at radius 1 is 1.14 bits per heavy atom. The minimum absolute atomic E-state index is 0.0145. The van der Waals surface area contributed by atoms with Crippen LogP contribution in [0.25, 0.3) is 6.08 Å². The molecule has 0 radical (unpaired) electrons. The van der Waals surface area contributed by atoms with Crippen LogP contribution in [0.4, 0.5) is 0 Å². The van der Waals surface area contributed by atoms with E-state index in [1.54, 1.807) is 49.4 Å². The fourth-order valence-corrected chi connectivity index (χ4v) is 1.71. The van der Waals surface area contributed by atoms with Gasteiger partial charge in [-0.1, -0.05) is 18.2 Å². The molecule has 5 heteroatoms. The van der Waals surface area contributed by atoms with Gasteiger partial charge in [0.25, 0.3) is 5.91 Å². The first-order chi connectivity index (χ1) is 10.1. The van der Waals surface area contributed by atoms with Crippen molar-refractivity contribution in [2.24, 2.45) is 0 Å². The molecule has 0 saturated heterocycles. The molecule has 2 aromatic rings. The van der Waals surface area contributed by atoms with Gasteiger partial charge in [0, 0.05) is 11.6 Å². The molecule has 1 heterocycles. The second-order valence-corrected chi connectivity index (χ2v) is 4.32. The zero-order valence-corrected chi connectivity index (χ0v) is 11.8. The van der Waals surface area contributed by atoms with Crippen LogP contribution in [0, 0.1) is 6.92 Å². The fraction of sp³-hybridized carbons (Fsp3) is 0.125. The first kappa shape index (κ1) is 14.6. The summed E-state index contributed by atoms with van der Waals surface area (Å²) in [4.78, 5) is 23.8. The van der Waals surface area contributed by atoms with Crippen molar-refractivity contribution in [3.05, 3.63) is 65.2 Å². The zero-order valence-electron chi connectivity index (χ0n) is 11.8. The van der Waals surface area contributed by atoms with Gasteiger partial charge in [-0.25, -0.2) is 4.79 Å². The van der Waals surface area contributed by atoms with Gasteiger partial charge >= 0.3 is 5.97 Å². The number of amides is 1. The Hall–Kier alpha value is -2.82. The van der Waals surface area contributed by atoms with Gasteiger partial charge in [0.2, 0.25) is 0 Å². The summed E-state index contributed by atoms with van der Waals surface area (Å²) in [5.74, 6) is 0.130. The Balaban J connectivity index is 2.23. The maximum atomic E-state index is 12.1. The number of esters is 1. The van der Waals surface area contributed by atoms with E-state index in [1.807, 2.05) is 0 Å². The highest BCUT2D eigenvalue weighted by atomic mass is 16.5. The topological polar surface area (TPSA) is 68.5 Å². The van der Waals surface area contributed by atoms with Gasteiger partial charge < -0.3 is 14.5 Å². The molecule has 0 fully saturated rings. The second kappa shape index (κ2) is 6.56. The number of carbonyl (C=O) groups is 2. The lowest BCUT2D eigenvalue weighted by atomic mass is 10.2. The summed E-state index contributed by atoms with van der Waals surface area (Å²) in [5.41, 5.74) is 0.462. The largest absolute Gasteiger partial charge is 0.464 e. The second-order valence-electron chi connectivity index (χ2n) is 4.32. The van der Waals surface area contributed by atoms with Gasteiger partial charge in [-0.2, -0.15) is 0 Å². The van der Waals surface area contributed by atoms with E-state index >= 15 is 0 Å². The minimum atomic E-state index is -0.645. The van der Waals surface area contributed by atoms with Crippen molar-refractivity contribution in [1.29, 1.82) is 0 Å². The predicted octanol–water partition coefficient (Wildman–Crippen LogP) is 2.53. The number of ether oxygens (including phenoxy) is 1.